The third kappa shape index (κ3) is 2.72. The van der Waals surface area contributed by atoms with Crippen molar-refractivity contribution in [3.8, 4) is 0 Å². The van der Waals surface area contributed by atoms with Gasteiger partial charge in [-0.3, -0.25) is 0 Å². The zero-order valence-electron chi connectivity index (χ0n) is 10.9. The normalized spacial score (nSPS) is 27.1. The van der Waals surface area contributed by atoms with E-state index in [1.807, 2.05) is 0 Å². The summed E-state index contributed by atoms with van der Waals surface area (Å²) in [4.78, 5) is 4.23. The number of hydrogen-bond acceptors (Lipinski definition) is 6. The van der Waals surface area contributed by atoms with Crippen LogP contribution in [0.3, 0.4) is 0 Å². The molecule has 1 N–H and O–H groups in total. The van der Waals surface area contributed by atoms with Gasteiger partial charge in [-0.1, -0.05) is 12.1 Å². The summed E-state index contributed by atoms with van der Waals surface area (Å²) < 4.78 is 28.1. The van der Waals surface area contributed by atoms with Gasteiger partial charge in [0.05, 0.1) is 6.04 Å². The van der Waals surface area contributed by atoms with Crippen LogP contribution in [0.25, 0.3) is 0 Å². The zero-order valence-corrected chi connectivity index (χ0v) is 11.7. The van der Waals surface area contributed by atoms with Crippen LogP contribution in [0.5, 0.6) is 0 Å². The molecule has 3 unspecified atom stereocenters. The molecule has 102 valence electrons. The predicted octanol–water partition coefficient (Wildman–Crippen LogP) is 1.24. The molecule has 0 saturated carbocycles. The van der Waals surface area contributed by atoms with Crippen LogP contribution < -0.4 is 5.32 Å². The van der Waals surface area contributed by atoms with Crippen LogP contribution in [0.2, 0.25) is 0 Å². The fraction of sp³-hybridized carbons (Fsp3) is 0.818. The summed E-state index contributed by atoms with van der Waals surface area (Å²) in [6.45, 7) is 4.62. The summed E-state index contributed by atoms with van der Waals surface area (Å²) in [5.74, 6) is 1.15. The van der Waals surface area contributed by atoms with E-state index in [1.54, 1.807) is 6.92 Å². The third-order valence-electron chi connectivity index (χ3n) is 3.50. The zero-order chi connectivity index (χ0) is 13.3. The molecule has 18 heavy (non-hydrogen) atoms. The first-order valence-electron chi connectivity index (χ1n) is 6.15. The Morgan fingerprint density at radius 3 is 2.83 bits per heavy atom. The van der Waals surface area contributed by atoms with Crippen molar-refractivity contribution in [3.63, 3.8) is 0 Å². The first-order chi connectivity index (χ1) is 8.39. The molecule has 1 aromatic heterocycles. The largest absolute Gasteiger partial charge is 0.338 e. The van der Waals surface area contributed by atoms with Crippen LogP contribution in [0.15, 0.2) is 4.52 Å². The summed E-state index contributed by atoms with van der Waals surface area (Å²) in [5, 5.41) is 6.39. The van der Waals surface area contributed by atoms with Crippen molar-refractivity contribution >= 4 is 9.84 Å². The molecule has 6 nitrogen and oxygen atoms in total. The van der Waals surface area contributed by atoms with Crippen LogP contribution in [0.4, 0.5) is 0 Å². The molecule has 0 amide bonds. The number of nitrogens with zero attached hydrogens (tertiary/aromatic N) is 2. The van der Waals surface area contributed by atoms with Crippen LogP contribution in [0.1, 0.15) is 49.7 Å². The fourth-order valence-corrected chi connectivity index (χ4v) is 2.59. The quantitative estimate of drug-likeness (QED) is 0.891. The van der Waals surface area contributed by atoms with Gasteiger partial charge in [0.1, 0.15) is 5.25 Å². The number of nitrogens with one attached hydrogen (secondary N) is 1. The average molecular weight is 273 g/mol. The van der Waals surface area contributed by atoms with E-state index in [-0.39, 0.29) is 11.9 Å². The van der Waals surface area contributed by atoms with Gasteiger partial charge in [0.2, 0.25) is 5.89 Å². The molecule has 7 heteroatoms. The van der Waals surface area contributed by atoms with E-state index in [9.17, 15) is 8.42 Å². The van der Waals surface area contributed by atoms with Gasteiger partial charge in [-0.2, -0.15) is 4.98 Å². The van der Waals surface area contributed by atoms with Gasteiger partial charge in [-0.05, 0) is 32.2 Å². The summed E-state index contributed by atoms with van der Waals surface area (Å²) in [7, 11) is -3.19. The second-order valence-electron chi connectivity index (χ2n) is 5.01. The van der Waals surface area contributed by atoms with Crippen molar-refractivity contribution < 1.29 is 12.9 Å². The molecular weight excluding hydrogens is 254 g/mol. The second-order valence-corrected chi connectivity index (χ2v) is 7.38. The highest BCUT2D eigenvalue weighted by atomic mass is 32.2. The lowest BCUT2D eigenvalue weighted by Gasteiger charge is -2.26. The van der Waals surface area contributed by atoms with Crippen LogP contribution in [-0.2, 0) is 9.84 Å². The van der Waals surface area contributed by atoms with Gasteiger partial charge >= 0.3 is 0 Å². The molecule has 3 atom stereocenters. The fourth-order valence-electron chi connectivity index (χ4n) is 2.11. The van der Waals surface area contributed by atoms with Crippen molar-refractivity contribution in [1.82, 2.24) is 15.5 Å². The Hall–Kier alpha value is -0.950. The highest BCUT2D eigenvalue weighted by Gasteiger charge is 2.30. The van der Waals surface area contributed by atoms with Crippen molar-refractivity contribution in [3.05, 3.63) is 11.7 Å². The molecule has 0 aliphatic carbocycles. The standard InChI is InChI=1S/C11H19N3O3S/c1-7-5-4-6-12-9(7)11-13-10(14-17-11)8(2)18(3,15)16/h7-9,12H,4-6H2,1-3H3. The number of aromatic nitrogens is 2. The maximum Gasteiger partial charge on any atom is 0.244 e. The van der Waals surface area contributed by atoms with Crippen LogP contribution >= 0.6 is 0 Å². The van der Waals surface area contributed by atoms with Gasteiger partial charge in [0.25, 0.3) is 0 Å². The minimum atomic E-state index is -3.19. The van der Waals surface area contributed by atoms with Gasteiger partial charge in [-0.25, -0.2) is 8.42 Å². The van der Waals surface area contributed by atoms with E-state index in [1.165, 1.54) is 6.26 Å². The molecular formula is C11H19N3O3S. The van der Waals surface area contributed by atoms with E-state index >= 15 is 0 Å². The van der Waals surface area contributed by atoms with Crippen LogP contribution in [0, 0.1) is 5.92 Å². The Kier molecular flexibility index (Phi) is 3.72. The molecule has 1 aliphatic rings. The minimum Gasteiger partial charge on any atom is -0.338 e. The predicted molar refractivity (Wildman–Crippen MR) is 66.7 cm³/mol. The molecule has 1 aromatic rings. The van der Waals surface area contributed by atoms with Crippen molar-refractivity contribution in [2.45, 2.75) is 38.0 Å². The average Bonchev–Trinajstić information content (AvgIpc) is 2.76. The maximum atomic E-state index is 11.4. The lowest BCUT2D eigenvalue weighted by atomic mass is 9.93. The topological polar surface area (TPSA) is 85.1 Å². The minimum absolute atomic E-state index is 0.0340. The number of sulfone groups is 1. The van der Waals surface area contributed by atoms with Gasteiger partial charge < -0.3 is 9.84 Å². The van der Waals surface area contributed by atoms with E-state index in [4.69, 9.17) is 4.52 Å². The molecule has 0 bridgehead atoms. The smallest absolute Gasteiger partial charge is 0.244 e. The summed E-state index contributed by atoms with van der Waals surface area (Å²) in [6, 6.07) is 0.0340. The summed E-state index contributed by atoms with van der Waals surface area (Å²) in [6.07, 6.45) is 3.42. The first-order valence-corrected chi connectivity index (χ1v) is 8.11. The summed E-state index contributed by atoms with van der Waals surface area (Å²) in [5.41, 5.74) is 0. The molecule has 2 heterocycles. The third-order valence-corrected chi connectivity index (χ3v) is 4.99. The highest BCUT2D eigenvalue weighted by molar-refractivity contribution is 7.90. The maximum absolute atomic E-state index is 11.4. The molecule has 2 rings (SSSR count). The van der Waals surface area contributed by atoms with Crippen molar-refractivity contribution in [2.75, 3.05) is 12.8 Å². The number of rotatable bonds is 3. The Morgan fingerprint density at radius 2 is 2.22 bits per heavy atom. The molecule has 1 aliphatic heterocycles. The van der Waals surface area contributed by atoms with Crippen molar-refractivity contribution in [2.24, 2.45) is 5.92 Å². The van der Waals surface area contributed by atoms with E-state index in [2.05, 4.69) is 22.4 Å². The van der Waals surface area contributed by atoms with E-state index in [0.717, 1.165) is 19.4 Å². The molecule has 0 radical (unpaired) electrons. The monoisotopic (exact) mass is 273 g/mol. The molecule has 1 saturated heterocycles. The van der Waals surface area contributed by atoms with Crippen LogP contribution in [-0.4, -0.2) is 31.4 Å². The Labute approximate surface area is 107 Å². The van der Waals surface area contributed by atoms with Gasteiger partial charge in [-0.15, -0.1) is 0 Å². The first kappa shape index (κ1) is 13.5. The number of piperidine rings is 1. The molecule has 1 fully saturated rings. The SMILES string of the molecule is CC1CCCNC1c1nc(C(C)S(C)(=O)=O)no1. The van der Waals surface area contributed by atoms with Crippen molar-refractivity contribution in [1.29, 1.82) is 0 Å². The Morgan fingerprint density at radius 1 is 1.50 bits per heavy atom. The van der Waals surface area contributed by atoms with E-state index < -0.39 is 15.1 Å². The summed E-state index contributed by atoms with van der Waals surface area (Å²) >= 11 is 0. The lowest BCUT2D eigenvalue weighted by molar-refractivity contribution is 0.239. The number of hydrogen-bond donors (Lipinski definition) is 1. The van der Waals surface area contributed by atoms with E-state index in [0.29, 0.717) is 11.8 Å². The van der Waals surface area contributed by atoms with Gasteiger partial charge in [0, 0.05) is 6.26 Å². The second kappa shape index (κ2) is 4.97. The Bertz CT molecular complexity index is 511. The molecule has 0 aromatic carbocycles. The van der Waals surface area contributed by atoms with Gasteiger partial charge in [0.15, 0.2) is 15.7 Å². The molecule has 0 spiro atoms. The highest BCUT2D eigenvalue weighted by Crippen LogP contribution is 2.29. The lowest BCUT2D eigenvalue weighted by Crippen LogP contribution is -2.33. The Balaban J connectivity index is 2.20.